The first-order valence-electron chi connectivity index (χ1n) is 7.21. The number of hydrogen-bond acceptors (Lipinski definition) is 5. The fraction of sp³-hybridized carbons (Fsp3) is 0.533. The normalized spacial score (nSPS) is 21.5. The summed E-state index contributed by atoms with van der Waals surface area (Å²) in [7, 11) is -3.39. The third-order valence-corrected chi connectivity index (χ3v) is 5.78. The lowest BCUT2D eigenvalue weighted by Gasteiger charge is -2.19. The van der Waals surface area contributed by atoms with Crippen LogP contribution in [0.5, 0.6) is 11.5 Å². The van der Waals surface area contributed by atoms with Crippen LogP contribution < -0.4 is 9.47 Å². The number of carbonyl (C=O) groups is 1. The van der Waals surface area contributed by atoms with Crippen molar-refractivity contribution in [3.05, 3.63) is 18.2 Å². The predicted octanol–water partition coefficient (Wildman–Crippen LogP) is 1.99. The zero-order valence-corrected chi connectivity index (χ0v) is 12.5. The van der Waals surface area contributed by atoms with Crippen molar-refractivity contribution in [2.24, 2.45) is 5.92 Å². The van der Waals surface area contributed by atoms with Gasteiger partial charge in [-0.15, -0.1) is 0 Å². The molecule has 1 aromatic rings. The molecule has 1 saturated carbocycles. The van der Waals surface area contributed by atoms with Gasteiger partial charge in [-0.1, -0.05) is 0 Å². The summed E-state index contributed by atoms with van der Waals surface area (Å²) in [5.74, 6) is 1.16. The minimum Gasteiger partial charge on any atom is -0.486 e. The molecular weight excluding hydrogens is 292 g/mol. The third kappa shape index (κ3) is 3.05. The molecule has 0 radical (unpaired) electrons. The van der Waals surface area contributed by atoms with Gasteiger partial charge in [0.15, 0.2) is 21.3 Å². The van der Waals surface area contributed by atoms with E-state index in [-0.39, 0.29) is 22.3 Å². The largest absolute Gasteiger partial charge is 0.486 e. The first-order valence-corrected chi connectivity index (χ1v) is 8.86. The van der Waals surface area contributed by atoms with Gasteiger partial charge in [-0.2, -0.15) is 0 Å². The van der Waals surface area contributed by atoms with Crippen LogP contribution >= 0.6 is 0 Å². The molecule has 1 fully saturated rings. The average Bonchev–Trinajstić information content (AvgIpc) is 2.90. The molecule has 21 heavy (non-hydrogen) atoms. The van der Waals surface area contributed by atoms with Crippen LogP contribution in [0.2, 0.25) is 0 Å². The Hall–Kier alpha value is -1.56. The molecule has 6 heteroatoms. The predicted molar refractivity (Wildman–Crippen MR) is 76.4 cm³/mol. The van der Waals surface area contributed by atoms with E-state index in [1.165, 1.54) is 6.07 Å². The van der Waals surface area contributed by atoms with Crippen LogP contribution in [0.25, 0.3) is 0 Å². The maximum Gasteiger partial charge on any atom is 0.178 e. The Kier molecular flexibility index (Phi) is 3.89. The summed E-state index contributed by atoms with van der Waals surface area (Å²) in [4.78, 5) is 11.8. The minimum absolute atomic E-state index is 0.00303. The van der Waals surface area contributed by atoms with Gasteiger partial charge in [0, 0.05) is 18.4 Å². The highest BCUT2D eigenvalue weighted by Gasteiger charge is 2.27. The second kappa shape index (κ2) is 5.67. The number of benzene rings is 1. The number of hydrogen-bond donors (Lipinski definition) is 0. The molecule has 1 atom stereocenters. The molecule has 0 N–H and O–H groups in total. The Bertz CT molecular complexity index is 650. The van der Waals surface area contributed by atoms with E-state index in [1.54, 1.807) is 12.1 Å². The Morgan fingerprint density at radius 3 is 2.62 bits per heavy atom. The third-order valence-electron chi connectivity index (χ3n) is 4.04. The number of Topliss-reactive ketones (excluding diaryl/α,β-unsaturated/α-hetero) is 1. The molecule has 0 aromatic heterocycles. The number of ether oxygens (including phenoxy) is 2. The lowest BCUT2D eigenvalue weighted by Crippen LogP contribution is -2.17. The van der Waals surface area contributed by atoms with Crippen LogP contribution in [0.1, 0.15) is 25.7 Å². The van der Waals surface area contributed by atoms with Gasteiger partial charge >= 0.3 is 0 Å². The second-order valence-electron chi connectivity index (χ2n) is 5.47. The Morgan fingerprint density at radius 2 is 1.90 bits per heavy atom. The summed E-state index contributed by atoms with van der Waals surface area (Å²) >= 11 is 0. The van der Waals surface area contributed by atoms with Crippen molar-refractivity contribution in [2.45, 2.75) is 30.6 Å². The maximum absolute atomic E-state index is 12.4. The summed E-state index contributed by atoms with van der Waals surface area (Å²) in [5.41, 5.74) is 0. The van der Waals surface area contributed by atoms with Crippen molar-refractivity contribution >= 4 is 15.6 Å². The molecule has 2 aliphatic rings. The summed E-state index contributed by atoms with van der Waals surface area (Å²) < 4.78 is 35.5. The first-order chi connectivity index (χ1) is 10.1. The highest BCUT2D eigenvalue weighted by atomic mass is 32.2. The maximum atomic E-state index is 12.4. The molecule has 1 aromatic carbocycles. The minimum atomic E-state index is -3.39. The molecule has 1 aliphatic carbocycles. The fourth-order valence-electron chi connectivity index (χ4n) is 2.83. The summed E-state index contributed by atoms with van der Waals surface area (Å²) in [6.07, 6.45) is 2.70. The first kappa shape index (κ1) is 14.4. The van der Waals surface area contributed by atoms with Crippen LogP contribution in [-0.4, -0.2) is 33.2 Å². The van der Waals surface area contributed by atoms with Crippen molar-refractivity contribution in [1.82, 2.24) is 0 Å². The van der Waals surface area contributed by atoms with E-state index in [4.69, 9.17) is 9.47 Å². The zero-order chi connectivity index (χ0) is 14.9. The number of fused-ring (bicyclic) bond motifs is 1. The molecule has 0 bridgehead atoms. The zero-order valence-electron chi connectivity index (χ0n) is 11.7. The van der Waals surface area contributed by atoms with Crippen molar-refractivity contribution in [3.8, 4) is 11.5 Å². The molecule has 5 nitrogen and oxygen atoms in total. The van der Waals surface area contributed by atoms with Gasteiger partial charge in [0.05, 0.1) is 10.6 Å². The van der Waals surface area contributed by atoms with E-state index in [1.807, 2.05) is 0 Å². The molecule has 1 heterocycles. The SMILES string of the molecule is O=C1CCCC1CCS(=O)(=O)c1ccc2c(c1)OCCO2. The van der Waals surface area contributed by atoms with Gasteiger partial charge in [-0.3, -0.25) is 4.79 Å². The quantitative estimate of drug-likeness (QED) is 0.850. The number of rotatable bonds is 4. The average molecular weight is 310 g/mol. The van der Waals surface area contributed by atoms with Gasteiger partial charge < -0.3 is 9.47 Å². The van der Waals surface area contributed by atoms with Crippen molar-refractivity contribution in [1.29, 1.82) is 0 Å². The Balaban J connectivity index is 1.73. The topological polar surface area (TPSA) is 69.7 Å². The lowest BCUT2D eigenvalue weighted by atomic mass is 10.1. The number of carbonyl (C=O) groups excluding carboxylic acids is 1. The molecular formula is C15H18O5S. The highest BCUT2D eigenvalue weighted by Crippen LogP contribution is 2.33. The van der Waals surface area contributed by atoms with Gasteiger partial charge in [-0.05, 0) is 31.4 Å². The van der Waals surface area contributed by atoms with Crippen LogP contribution in [0.3, 0.4) is 0 Å². The fourth-order valence-corrected chi connectivity index (χ4v) is 4.22. The van der Waals surface area contributed by atoms with Gasteiger partial charge in [-0.25, -0.2) is 8.42 Å². The van der Waals surface area contributed by atoms with E-state index < -0.39 is 9.84 Å². The molecule has 3 rings (SSSR count). The molecule has 114 valence electrons. The van der Waals surface area contributed by atoms with Crippen molar-refractivity contribution < 1.29 is 22.7 Å². The standard InChI is InChI=1S/C15H18O5S/c16-13-3-1-2-11(13)6-9-21(17,18)12-4-5-14-15(10-12)20-8-7-19-14/h4-5,10-11H,1-3,6-9H2. The molecule has 0 saturated heterocycles. The van der Waals surface area contributed by atoms with Crippen molar-refractivity contribution in [3.63, 3.8) is 0 Å². The van der Waals surface area contributed by atoms with Crippen LogP contribution in [-0.2, 0) is 14.6 Å². The second-order valence-corrected chi connectivity index (χ2v) is 7.58. The smallest absolute Gasteiger partial charge is 0.178 e. The monoisotopic (exact) mass is 310 g/mol. The van der Waals surface area contributed by atoms with Gasteiger partial charge in [0.25, 0.3) is 0 Å². The van der Waals surface area contributed by atoms with E-state index in [9.17, 15) is 13.2 Å². The highest BCUT2D eigenvalue weighted by molar-refractivity contribution is 7.91. The van der Waals surface area contributed by atoms with Gasteiger partial charge in [0.1, 0.15) is 19.0 Å². The Labute approximate surface area is 124 Å². The molecule has 0 amide bonds. The molecule has 1 aliphatic heterocycles. The van der Waals surface area contributed by atoms with Gasteiger partial charge in [0.2, 0.25) is 0 Å². The van der Waals surface area contributed by atoms with E-state index in [2.05, 4.69) is 0 Å². The molecule has 0 spiro atoms. The number of ketones is 1. The summed E-state index contributed by atoms with van der Waals surface area (Å²) in [5, 5.41) is 0. The van der Waals surface area contributed by atoms with Crippen LogP contribution in [0.4, 0.5) is 0 Å². The lowest BCUT2D eigenvalue weighted by molar-refractivity contribution is -0.120. The summed E-state index contributed by atoms with van der Waals surface area (Å²) in [6.45, 7) is 0.899. The van der Waals surface area contributed by atoms with Crippen molar-refractivity contribution in [2.75, 3.05) is 19.0 Å². The Morgan fingerprint density at radius 1 is 1.14 bits per heavy atom. The summed E-state index contributed by atoms with van der Waals surface area (Å²) in [6, 6.07) is 4.68. The van der Waals surface area contributed by atoms with E-state index in [0.717, 1.165) is 12.8 Å². The van der Waals surface area contributed by atoms with Crippen LogP contribution in [0, 0.1) is 5.92 Å². The molecule has 1 unspecified atom stereocenters. The van der Waals surface area contributed by atoms with E-state index in [0.29, 0.717) is 37.6 Å². The van der Waals surface area contributed by atoms with E-state index >= 15 is 0 Å². The number of sulfone groups is 1. The van der Waals surface area contributed by atoms with Crippen LogP contribution in [0.15, 0.2) is 23.1 Å².